The number of hydrogen-bond donors (Lipinski definition) is 1. The fourth-order valence-corrected chi connectivity index (χ4v) is 5.81. The second-order valence-electron chi connectivity index (χ2n) is 9.13. The fourth-order valence-electron chi connectivity index (χ4n) is 5.81. The van der Waals surface area contributed by atoms with E-state index >= 15 is 0 Å². The molecule has 0 bridgehead atoms. The molecule has 0 saturated heterocycles. The van der Waals surface area contributed by atoms with Crippen LogP contribution in [-0.2, 0) is 18.4 Å². The van der Waals surface area contributed by atoms with Gasteiger partial charge in [0.05, 0.1) is 35.7 Å². The summed E-state index contributed by atoms with van der Waals surface area (Å²) in [7, 11) is 0. The summed E-state index contributed by atoms with van der Waals surface area (Å²) in [5, 5.41) is 25.6. The summed E-state index contributed by atoms with van der Waals surface area (Å²) in [6, 6.07) is 23.0. The molecule has 4 heteroatoms. The molecule has 2 aliphatic rings. The van der Waals surface area contributed by atoms with Crippen LogP contribution in [0.4, 0.5) is 0 Å². The van der Waals surface area contributed by atoms with E-state index in [4.69, 9.17) is 5.10 Å². The molecule has 0 fully saturated rings. The third-order valence-corrected chi connectivity index (χ3v) is 7.29. The lowest BCUT2D eigenvalue weighted by atomic mass is 9.57. The monoisotopic (exact) mass is 409 g/mol. The highest BCUT2D eigenvalue weighted by atomic mass is 16.3. The van der Waals surface area contributed by atoms with Crippen LogP contribution >= 0.6 is 0 Å². The smallest absolute Gasteiger partial charge is 0.0971 e. The second kappa shape index (κ2) is 7.51. The lowest BCUT2D eigenvalue weighted by molar-refractivity contribution is 0.0657. The first-order valence-electron chi connectivity index (χ1n) is 11.0. The van der Waals surface area contributed by atoms with Crippen LogP contribution < -0.4 is 0 Å². The van der Waals surface area contributed by atoms with Gasteiger partial charge >= 0.3 is 0 Å². The lowest BCUT2D eigenvalue weighted by Crippen LogP contribution is -2.47. The summed E-state index contributed by atoms with van der Waals surface area (Å²) in [4.78, 5) is 0. The summed E-state index contributed by atoms with van der Waals surface area (Å²) in [5.41, 5.74) is 5.97. The van der Waals surface area contributed by atoms with E-state index in [1.54, 1.807) is 0 Å². The van der Waals surface area contributed by atoms with Gasteiger partial charge in [0.1, 0.15) is 0 Å². The van der Waals surface area contributed by atoms with Crippen LogP contribution in [-0.4, -0.2) is 21.0 Å². The Balaban J connectivity index is 1.74. The molecule has 156 valence electrons. The maximum atomic E-state index is 10.7. The van der Waals surface area contributed by atoms with Gasteiger partial charge in [-0.3, -0.25) is 4.68 Å². The zero-order chi connectivity index (χ0) is 21.6. The number of aromatic nitrogens is 2. The Kier molecular flexibility index (Phi) is 4.79. The van der Waals surface area contributed by atoms with Gasteiger partial charge in [0.2, 0.25) is 0 Å². The molecule has 1 aromatic heterocycles. The second-order valence-corrected chi connectivity index (χ2v) is 9.13. The van der Waals surface area contributed by atoms with Crippen molar-refractivity contribution in [2.75, 3.05) is 0 Å². The minimum Gasteiger partial charge on any atom is -0.387 e. The number of benzene rings is 2. The summed E-state index contributed by atoms with van der Waals surface area (Å²) < 4.78 is 2.15. The van der Waals surface area contributed by atoms with E-state index in [2.05, 4.69) is 73.1 Å². The Hall–Kier alpha value is -3.16. The number of fused-ring (bicyclic) bond motifs is 3. The van der Waals surface area contributed by atoms with Gasteiger partial charge in [0.15, 0.2) is 0 Å². The van der Waals surface area contributed by atoms with Crippen molar-refractivity contribution in [1.29, 1.82) is 5.26 Å². The van der Waals surface area contributed by atoms with Crippen molar-refractivity contribution < 1.29 is 5.11 Å². The Morgan fingerprint density at radius 2 is 1.81 bits per heavy atom. The quantitative estimate of drug-likeness (QED) is 0.671. The minimum absolute atomic E-state index is 0.0260. The maximum absolute atomic E-state index is 10.7. The number of nitriles is 1. The molecular weight excluding hydrogens is 382 g/mol. The SMILES string of the molecule is C[C@H]1C(O)C(C#N)=C[C@@]2(C)c3c(c(-c4ccccc4)nn3Cc3ccccc3)CC[C@H]12. The average Bonchev–Trinajstić information content (AvgIpc) is 3.17. The van der Waals surface area contributed by atoms with Crippen LogP contribution in [0.25, 0.3) is 11.3 Å². The van der Waals surface area contributed by atoms with Crippen LogP contribution in [0.1, 0.15) is 37.1 Å². The summed E-state index contributed by atoms with van der Waals surface area (Å²) in [6.07, 6.45) is 3.25. The predicted octanol–water partition coefficient (Wildman–Crippen LogP) is 4.88. The number of allylic oxidation sites excluding steroid dienone is 1. The van der Waals surface area contributed by atoms with Gasteiger partial charge in [-0.05, 0) is 30.2 Å². The first-order chi connectivity index (χ1) is 15.0. The van der Waals surface area contributed by atoms with Gasteiger partial charge in [-0.15, -0.1) is 0 Å². The highest BCUT2D eigenvalue weighted by Crippen LogP contribution is 2.52. The average molecular weight is 410 g/mol. The van der Waals surface area contributed by atoms with E-state index in [0.717, 1.165) is 24.1 Å². The molecular formula is C27H27N3O. The Labute approximate surface area is 183 Å². The number of aliphatic hydroxyl groups is 1. The number of aliphatic hydroxyl groups excluding tert-OH is 1. The first kappa shape index (κ1) is 19.8. The molecule has 0 amide bonds. The molecule has 3 aromatic rings. The normalized spacial score (nSPS) is 27.0. The Morgan fingerprint density at radius 3 is 2.48 bits per heavy atom. The molecule has 31 heavy (non-hydrogen) atoms. The highest BCUT2D eigenvalue weighted by molar-refractivity contribution is 5.66. The van der Waals surface area contributed by atoms with Crippen LogP contribution in [0, 0.1) is 23.2 Å². The number of nitrogens with zero attached hydrogens (tertiary/aromatic N) is 3. The van der Waals surface area contributed by atoms with Crippen molar-refractivity contribution >= 4 is 0 Å². The number of hydrogen-bond acceptors (Lipinski definition) is 3. The highest BCUT2D eigenvalue weighted by Gasteiger charge is 2.50. The molecule has 1 heterocycles. The van der Waals surface area contributed by atoms with Gasteiger partial charge < -0.3 is 5.11 Å². The molecule has 1 unspecified atom stereocenters. The van der Waals surface area contributed by atoms with E-state index in [0.29, 0.717) is 12.1 Å². The molecule has 2 aromatic carbocycles. The molecule has 4 nitrogen and oxygen atoms in total. The van der Waals surface area contributed by atoms with Crippen LogP contribution in [0.3, 0.4) is 0 Å². The first-order valence-corrected chi connectivity index (χ1v) is 11.0. The van der Waals surface area contributed by atoms with Crippen molar-refractivity contribution in [3.05, 3.63) is 89.1 Å². The van der Waals surface area contributed by atoms with E-state index in [1.807, 2.05) is 18.2 Å². The van der Waals surface area contributed by atoms with Gasteiger partial charge in [-0.2, -0.15) is 10.4 Å². The number of rotatable bonds is 3. The van der Waals surface area contributed by atoms with Crippen molar-refractivity contribution in [3.8, 4) is 17.3 Å². The molecule has 5 rings (SSSR count). The van der Waals surface area contributed by atoms with Crippen molar-refractivity contribution in [1.82, 2.24) is 9.78 Å². The van der Waals surface area contributed by atoms with E-state index < -0.39 is 6.10 Å². The van der Waals surface area contributed by atoms with Gasteiger partial charge in [0, 0.05) is 16.5 Å². The van der Waals surface area contributed by atoms with Gasteiger partial charge in [0.25, 0.3) is 0 Å². The Bertz CT molecular complexity index is 1170. The molecule has 0 spiro atoms. The van der Waals surface area contributed by atoms with E-state index in [-0.39, 0.29) is 17.3 Å². The topological polar surface area (TPSA) is 61.8 Å². The van der Waals surface area contributed by atoms with Crippen molar-refractivity contribution in [2.24, 2.45) is 11.8 Å². The summed E-state index contributed by atoms with van der Waals surface area (Å²) in [6.45, 7) is 5.00. The third kappa shape index (κ3) is 3.12. The zero-order valence-electron chi connectivity index (χ0n) is 18.0. The van der Waals surface area contributed by atoms with E-state index in [1.165, 1.54) is 16.8 Å². The van der Waals surface area contributed by atoms with Crippen LogP contribution in [0.5, 0.6) is 0 Å². The van der Waals surface area contributed by atoms with Crippen LogP contribution in [0.15, 0.2) is 72.3 Å². The maximum Gasteiger partial charge on any atom is 0.0971 e. The standard InChI is InChI=1S/C27H27N3O/c1-18-23-14-13-22-24(20-11-7-4-8-12-20)29-30(17-19-9-5-3-6-10-19)26(22)27(23,2)15-21(16-28)25(18)31/h3-12,15,18,23,25,31H,13-14,17H2,1-2H3/t18-,23-,25?,27-/m1/s1. The molecule has 2 aliphatic carbocycles. The summed E-state index contributed by atoms with van der Waals surface area (Å²) >= 11 is 0. The van der Waals surface area contributed by atoms with Gasteiger partial charge in [-0.1, -0.05) is 80.6 Å². The van der Waals surface area contributed by atoms with E-state index in [9.17, 15) is 10.4 Å². The van der Waals surface area contributed by atoms with Crippen molar-refractivity contribution in [3.63, 3.8) is 0 Å². The van der Waals surface area contributed by atoms with Crippen LogP contribution in [0.2, 0.25) is 0 Å². The minimum atomic E-state index is -0.691. The molecule has 1 N–H and O–H groups in total. The third-order valence-electron chi connectivity index (χ3n) is 7.29. The molecule has 0 aliphatic heterocycles. The molecule has 0 saturated carbocycles. The predicted molar refractivity (Wildman–Crippen MR) is 121 cm³/mol. The lowest BCUT2D eigenvalue weighted by Gasteiger charge is -2.48. The molecule has 4 atom stereocenters. The zero-order valence-corrected chi connectivity index (χ0v) is 18.0. The summed E-state index contributed by atoms with van der Waals surface area (Å²) in [5.74, 6) is 0.292. The van der Waals surface area contributed by atoms with Crippen molar-refractivity contribution in [2.45, 2.75) is 44.8 Å². The van der Waals surface area contributed by atoms with Gasteiger partial charge in [-0.25, -0.2) is 0 Å². The fraction of sp³-hybridized carbons (Fsp3) is 0.333. The molecule has 0 radical (unpaired) electrons. The largest absolute Gasteiger partial charge is 0.387 e. The Morgan fingerprint density at radius 1 is 1.13 bits per heavy atom.